The number of hydrogen-bond donors (Lipinski definition) is 2. The lowest BCUT2D eigenvalue weighted by Gasteiger charge is -2.16. The first-order valence-corrected chi connectivity index (χ1v) is 6.58. The molecule has 21 heavy (non-hydrogen) atoms. The minimum atomic E-state index is -0.975. The van der Waals surface area contributed by atoms with Crippen LogP contribution in [0.4, 0.5) is 0 Å². The molecule has 1 aliphatic rings. The molecule has 2 unspecified atom stereocenters. The van der Waals surface area contributed by atoms with Crippen LogP contribution in [0.5, 0.6) is 0 Å². The first-order chi connectivity index (χ1) is 10.1. The Hall–Kier alpha value is -2.63. The van der Waals surface area contributed by atoms with Crippen molar-refractivity contribution in [2.24, 2.45) is 5.92 Å². The van der Waals surface area contributed by atoms with Gasteiger partial charge in [0.15, 0.2) is 6.39 Å². The number of carboxylic acids is 1. The summed E-state index contributed by atoms with van der Waals surface area (Å²) in [7, 11) is 0. The number of carboxylic acid groups (broad SMARTS) is 1. The summed E-state index contributed by atoms with van der Waals surface area (Å²) >= 11 is 0. The fourth-order valence-electron chi connectivity index (χ4n) is 2.65. The number of carbonyl (C=O) groups excluding carboxylic acids is 1. The molecule has 2 aromatic rings. The Balaban J connectivity index is 1.81. The van der Waals surface area contributed by atoms with Crippen LogP contribution in [0.15, 0.2) is 47.4 Å². The van der Waals surface area contributed by atoms with Gasteiger partial charge in [-0.05, 0) is 12.0 Å². The van der Waals surface area contributed by atoms with Gasteiger partial charge in [-0.25, -0.2) is 4.98 Å². The highest BCUT2D eigenvalue weighted by Gasteiger charge is 2.64. The van der Waals surface area contributed by atoms with Gasteiger partial charge in [0.1, 0.15) is 6.26 Å². The second-order valence-electron chi connectivity index (χ2n) is 5.09. The average molecular weight is 286 g/mol. The molecular weight excluding hydrogens is 272 g/mol. The third kappa shape index (κ3) is 2.29. The summed E-state index contributed by atoms with van der Waals surface area (Å²) < 4.78 is 4.84. The zero-order valence-corrected chi connectivity index (χ0v) is 11.2. The van der Waals surface area contributed by atoms with Crippen molar-refractivity contribution in [3.8, 4) is 0 Å². The van der Waals surface area contributed by atoms with E-state index in [1.54, 1.807) is 24.3 Å². The summed E-state index contributed by atoms with van der Waals surface area (Å²) in [6, 6.07) is 9.03. The van der Waals surface area contributed by atoms with Crippen molar-refractivity contribution in [2.75, 3.05) is 0 Å². The van der Waals surface area contributed by atoms with Gasteiger partial charge >= 0.3 is 5.97 Å². The van der Waals surface area contributed by atoms with Crippen LogP contribution in [-0.4, -0.2) is 22.0 Å². The molecule has 6 nitrogen and oxygen atoms in total. The van der Waals surface area contributed by atoms with Crippen molar-refractivity contribution in [3.05, 3.63) is 54.2 Å². The van der Waals surface area contributed by atoms with E-state index in [2.05, 4.69) is 10.3 Å². The first-order valence-electron chi connectivity index (χ1n) is 6.58. The maximum absolute atomic E-state index is 12.5. The summed E-state index contributed by atoms with van der Waals surface area (Å²) in [6.45, 7) is 0.219. The van der Waals surface area contributed by atoms with Crippen molar-refractivity contribution in [2.45, 2.75) is 18.4 Å². The van der Waals surface area contributed by atoms with Gasteiger partial charge in [0.05, 0.1) is 23.6 Å². The molecular formula is C15H14N2O4. The Morgan fingerprint density at radius 2 is 2.14 bits per heavy atom. The number of nitrogens with one attached hydrogen (secondary N) is 1. The summed E-state index contributed by atoms with van der Waals surface area (Å²) in [6.07, 6.45) is 3.04. The predicted octanol–water partition coefficient (Wildman–Crippen LogP) is 1.33. The van der Waals surface area contributed by atoms with E-state index in [9.17, 15) is 14.7 Å². The Morgan fingerprint density at radius 1 is 1.38 bits per heavy atom. The van der Waals surface area contributed by atoms with Crippen LogP contribution < -0.4 is 5.32 Å². The molecule has 1 aromatic heterocycles. The van der Waals surface area contributed by atoms with Gasteiger partial charge in [0.2, 0.25) is 5.91 Å². The molecule has 2 atom stereocenters. The highest BCUT2D eigenvalue weighted by molar-refractivity contribution is 5.98. The molecule has 0 aliphatic heterocycles. The lowest BCUT2D eigenvalue weighted by Crippen LogP contribution is -2.37. The van der Waals surface area contributed by atoms with Crippen LogP contribution in [0.1, 0.15) is 17.7 Å². The van der Waals surface area contributed by atoms with E-state index >= 15 is 0 Å². The number of aromatic nitrogens is 1. The predicted molar refractivity (Wildman–Crippen MR) is 72.2 cm³/mol. The maximum Gasteiger partial charge on any atom is 0.307 e. The first kappa shape index (κ1) is 13.4. The standard InChI is InChI=1S/C15H14N2O4/c18-13(19)12-6-15(12,10-4-2-1-3-5-10)14(20)16-7-11-8-21-9-17-11/h1-5,8-9,12H,6-7H2,(H,16,20)(H,18,19). The molecule has 1 amide bonds. The van der Waals surface area contributed by atoms with Gasteiger partial charge in [-0.2, -0.15) is 0 Å². The number of carbonyl (C=O) groups is 2. The van der Waals surface area contributed by atoms with Gasteiger partial charge in [-0.1, -0.05) is 30.3 Å². The van der Waals surface area contributed by atoms with E-state index in [0.717, 1.165) is 5.56 Å². The number of rotatable bonds is 5. The fraction of sp³-hybridized carbons (Fsp3) is 0.267. The quantitative estimate of drug-likeness (QED) is 0.865. The van der Waals surface area contributed by atoms with Crippen molar-refractivity contribution in [1.29, 1.82) is 0 Å². The van der Waals surface area contributed by atoms with E-state index in [0.29, 0.717) is 12.1 Å². The minimum Gasteiger partial charge on any atom is -0.481 e. The second-order valence-corrected chi connectivity index (χ2v) is 5.09. The van der Waals surface area contributed by atoms with E-state index < -0.39 is 17.3 Å². The number of benzene rings is 1. The van der Waals surface area contributed by atoms with Crippen molar-refractivity contribution in [3.63, 3.8) is 0 Å². The van der Waals surface area contributed by atoms with Crippen molar-refractivity contribution in [1.82, 2.24) is 10.3 Å². The Labute approximate surface area is 120 Å². The topological polar surface area (TPSA) is 92.4 Å². The van der Waals surface area contributed by atoms with E-state index in [1.165, 1.54) is 12.7 Å². The van der Waals surface area contributed by atoms with E-state index in [1.807, 2.05) is 6.07 Å². The van der Waals surface area contributed by atoms with Gasteiger partial charge in [-0.3, -0.25) is 9.59 Å². The average Bonchev–Trinajstić information content (AvgIpc) is 3.07. The van der Waals surface area contributed by atoms with Crippen LogP contribution in [0.2, 0.25) is 0 Å². The Bertz CT molecular complexity index is 654. The fourth-order valence-corrected chi connectivity index (χ4v) is 2.65. The molecule has 2 N–H and O–H groups in total. The van der Waals surface area contributed by atoms with Gasteiger partial charge < -0.3 is 14.8 Å². The number of nitrogens with zero attached hydrogens (tertiary/aromatic N) is 1. The summed E-state index contributed by atoms with van der Waals surface area (Å²) in [4.78, 5) is 27.7. The minimum absolute atomic E-state index is 0.219. The molecule has 3 rings (SSSR count). The molecule has 1 aliphatic carbocycles. The smallest absolute Gasteiger partial charge is 0.307 e. The highest BCUT2D eigenvalue weighted by Crippen LogP contribution is 2.54. The molecule has 108 valence electrons. The molecule has 0 radical (unpaired) electrons. The monoisotopic (exact) mass is 286 g/mol. The Morgan fingerprint density at radius 3 is 2.71 bits per heavy atom. The molecule has 1 aromatic carbocycles. The molecule has 0 spiro atoms. The van der Waals surface area contributed by atoms with Gasteiger partial charge in [0, 0.05) is 0 Å². The summed E-state index contributed by atoms with van der Waals surface area (Å²) in [5.41, 5.74) is 0.353. The van der Waals surface area contributed by atoms with Crippen LogP contribution in [0, 0.1) is 5.92 Å². The van der Waals surface area contributed by atoms with Crippen LogP contribution in [0.3, 0.4) is 0 Å². The van der Waals surface area contributed by atoms with E-state index in [4.69, 9.17) is 4.42 Å². The van der Waals surface area contributed by atoms with E-state index in [-0.39, 0.29) is 12.5 Å². The zero-order chi connectivity index (χ0) is 14.9. The van der Waals surface area contributed by atoms with Crippen LogP contribution in [0.25, 0.3) is 0 Å². The number of hydrogen-bond acceptors (Lipinski definition) is 4. The lowest BCUT2D eigenvalue weighted by molar-refractivity contribution is -0.140. The molecule has 0 bridgehead atoms. The number of amides is 1. The summed E-state index contributed by atoms with van der Waals surface area (Å²) in [5, 5.41) is 12.0. The van der Waals surface area contributed by atoms with Crippen molar-refractivity contribution < 1.29 is 19.1 Å². The highest BCUT2D eigenvalue weighted by atomic mass is 16.4. The molecule has 1 fully saturated rings. The largest absolute Gasteiger partial charge is 0.481 e. The normalized spacial score (nSPS) is 23.5. The molecule has 1 saturated carbocycles. The molecule has 6 heteroatoms. The number of oxazole rings is 1. The third-order valence-electron chi connectivity index (χ3n) is 3.87. The summed E-state index contributed by atoms with van der Waals surface area (Å²) in [5.74, 6) is -1.92. The second kappa shape index (κ2) is 5.05. The number of aliphatic carboxylic acids is 1. The lowest BCUT2D eigenvalue weighted by atomic mass is 9.92. The third-order valence-corrected chi connectivity index (χ3v) is 3.87. The molecule has 0 saturated heterocycles. The van der Waals surface area contributed by atoms with Gasteiger partial charge in [-0.15, -0.1) is 0 Å². The van der Waals surface area contributed by atoms with Crippen LogP contribution >= 0.6 is 0 Å². The van der Waals surface area contributed by atoms with Crippen LogP contribution in [-0.2, 0) is 21.5 Å². The van der Waals surface area contributed by atoms with Gasteiger partial charge in [0.25, 0.3) is 0 Å². The SMILES string of the molecule is O=C(O)C1CC1(C(=O)NCc1cocn1)c1ccccc1. The van der Waals surface area contributed by atoms with Crippen molar-refractivity contribution >= 4 is 11.9 Å². The zero-order valence-electron chi connectivity index (χ0n) is 11.2. The Kier molecular flexibility index (Phi) is 3.21. The molecule has 1 heterocycles. The maximum atomic E-state index is 12.5.